The summed E-state index contributed by atoms with van der Waals surface area (Å²) in [6.45, 7) is 3.45. The molecule has 0 saturated carbocycles. The minimum absolute atomic E-state index is 0.0422. The predicted molar refractivity (Wildman–Crippen MR) is 136 cm³/mol. The van der Waals surface area contributed by atoms with Crippen LogP contribution in [0.25, 0.3) is 10.9 Å². The molecule has 1 aliphatic rings. The van der Waals surface area contributed by atoms with E-state index in [2.05, 4.69) is 25.5 Å². The second kappa shape index (κ2) is 12.4. The molecule has 0 radical (unpaired) electrons. The predicted octanol–water partition coefficient (Wildman–Crippen LogP) is 3.04. The number of nitrogens with one attached hydrogen (secondary N) is 3. The van der Waals surface area contributed by atoms with Gasteiger partial charge in [0.25, 0.3) is 0 Å². The van der Waals surface area contributed by atoms with Crippen LogP contribution in [0, 0.1) is 5.92 Å². The number of rotatable bonds is 7. The first-order chi connectivity index (χ1) is 17.1. The number of pyridine rings is 1. The highest BCUT2D eigenvalue weighted by Crippen LogP contribution is 2.24. The zero-order valence-corrected chi connectivity index (χ0v) is 20.4. The van der Waals surface area contributed by atoms with Crippen molar-refractivity contribution in [2.45, 2.75) is 38.6 Å². The van der Waals surface area contributed by atoms with E-state index in [1.54, 1.807) is 19.5 Å². The number of benzene rings is 1. The molecule has 2 aromatic heterocycles. The Labute approximate surface area is 206 Å². The van der Waals surface area contributed by atoms with Crippen LogP contribution in [0.15, 0.2) is 48.9 Å². The van der Waals surface area contributed by atoms with Gasteiger partial charge >= 0.3 is 0 Å². The lowest BCUT2D eigenvalue weighted by Gasteiger charge is -2.22. The Balaban J connectivity index is 1.31. The largest absolute Gasteiger partial charge is 0.497 e. The number of nitrogens with zero attached hydrogens (tertiary/aromatic N) is 2. The summed E-state index contributed by atoms with van der Waals surface area (Å²) in [5.41, 5.74) is 3.39. The van der Waals surface area contributed by atoms with Crippen molar-refractivity contribution < 1.29 is 14.3 Å². The molecule has 1 saturated heterocycles. The maximum Gasteiger partial charge on any atom is 0.223 e. The van der Waals surface area contributed by atoms with Gasteiger partial charge < -0.3 is 20.4 Å². The second-order valence-electron chi connectivity index (χ2n) is 9.13. The number of fused-ring (bicyclic) bond motifs is 1. The lowest BCUT2D eigenvalue weighted by Crippen LogP contribution is -2.35. The summed E-state index contributed by atoms with van der Waals surface area (Å²) in [6.07, 6.45) is 9.17. The first-order valence-electron chi connectivity index (χ1n) is 12.4. The van der Waals surface area contributed by atoms with E-state index < -0.39 is 0 Å². The Morgan fingerprint density at radius 1 is 1.20 bits per heavy atom. The SMILES string of the molecule is COc1ccc2[nH]cc(CCNC(=O)C3CCCN(Cc4ccncc4)CCC(=O)NCC3)c2c1. The van der Waals surface area contributed by atoms with E-state index in [9.17, 15) is 9.59 Å². The smallest absolute Gasteiger partial charge is 0.223 e. The molecule has 35 heavy (non-hydrogen) atoms. The van der Waals surface area contributed by atoms with Gasteiger partial charge in [0.05, 0.1) is 7.11 Å². The third kappa shape index (κ3) is 7.05. The summed E-state index contributed by atoms with van der Waals surface area (Å²) < 4.78 is 5.35. The van der Waals surface area contributed by atoms with Crippen molar-refractivity contribution in [1.29, 1.82) is 0 Å². The van der Waals surface area contributed by atoms with Gasteiger partial charge in [0.1, 0.15) is 5.75 Å². The summed E-state index contributed by atoms with van der Waals surface area (Å²) in [6, 6.07) is 9.97. The summed E-state index contributed by atoms with van der Waals surface area (Å²) in [4.78, 5) is 35.0. The average Bonchev–Trinajstić information content (AvgIpc) is 3.27. The van der Waals surface area contributed by atoms with Gasteiger partial charge in [-0.05, 0) is 73.7 Å². The normalized spacial score (nSPS) is 18.0. The fourth-order valence-corrected chi connectivity index (χ4v) is 4.67. The Morgan fingerprint density at radius 3 is 2.89 bits per heavy atom. The van der Waals surface area contributed by atoms with Crippen molar-refractivity contribution in [1.82, 2.24) is 25.5 Å². The number of methoxy groups -OCH3 is 1. The quantitative estimate of drug-likeness (QED) is 0.486. The number of ether oxygens (including phenoxy) is 1. The van der Waals surface area contributed by atoms with Gasteiger partial charge in [0.15, 0.2) is 0 Å². The highest BCUT2D eigenvalue weighted by atomic mass is 16.5. The van der Waals surface area contributed by atoms with Crippen LogP contribution in [-0.2, 0) is 22.6 Å². The number of hydrogen-bond acceptors (Lipinski definition) is 5. The molecule has 1 unspecified atom stereocenters. The zero-order chi connectivity index (χ0) is 24.5. The Bertz CT molecular complexity index is 1110. The van der Waals surface area contributed by atoms with Crippen LogP contribution in [0.2, 0.25) is 0 Å². The number of amides is 2. The van der Waals surface area contributed by atoms with Gasteiger partial charge in [-0.3, -0.25) is 19.5 Å². The topological polar surface area (TPSA) is 99.3 Å². The van der Waals surface area contributed by atoms with E-state index in [1.807, 2.05) is 36.5 Å². The van der Waals surface area contributed by atoms with E-state index in [1.165, 1.54) is 5.56 Å². The van der Waals surface area contributed by atoms with Gasteiger partial charge in [0, 0.05) is 68.0 Å². The van der Waals surface area contributed by atoms with Gasteiger partial charge in [0.2, 0.25) is 11.8 Å². The van der Waals surface area contributed by atoms with Gasteiger partial charge in [-0.15, -0.1) is 0 Å². The molecule has 186 valence electrons. The molecular formula is C27H35N5O3. The summed E-state index contributed by atoms with van der Waals surface area (Å²) >= 11 is 0. The van der Waals surface area contributed by atoms with Crippen molar-refractivity contribution in [2.24, 2.45) is 5.92 Å². The molecule has 1 atom stereocenters. The van der Waals surface area contributed by atoms with Gasteiger partial charge in [-0.2, -0.15) is 0 Å². The second-order valence-corrected chi connectivity index (χ2v) is 9.13. The fraction of sp³-hybridized carbons (Fsp3) is 0.444. The molecule has 3 N–H and O–H groups in total. The standard InChI is InChI=1S/C27H35N5O3/c1-35-23-4-5-25-24(17-23)22(18-31-25)9-14-30-27(34)21-3-2-15-32(16-10-26(33)29-13-8-21)19-20-6-11-28-12-7-20/h4-7,11-12,17-18,21,31H,2-3,8-10,13-16,19H2,1H3,(H,29,33)(H,30,34). The first kappa shape index (κ1) is 24.7. The molecule has 1 aliphatic heterocycles. The third-order valence-electron chi connectivity index (χ3n) is 6.69. The molecule has 8 heteroatoms. The molecule has 3 heterocycles. The highest BCUT2D eigenvalue weighted by molar-refractivity contribution is 5.85. The third-order valence-corrected chi connectivity index (χ3v) is 6.69. The summed E-state index contributed by atoms with van der Waals surface area (Å²) in [7, 11) is 1.66. The van der Waals surface area contributed by atoms with E-state index in [0.717, 1.165) is 54.6 Å². The van der Waals surface area contributed by atoms with Crippen LogP contribution in [0.3, 0.4) is 0 Å². The molecule has 0 aliphatic carbocycles. The average molecular weight is 478 g/mol. The zero-order valence-electron chi connectivity index (χ0n) is 20.4. The molecule has 4 rings (SSSR count). The van der Waals surface area contributed by atoms with Crippen LogP contribution in [0.5, 0.6) is 5.75 Å². The van der Waals surface area contributed by atoms with Crippen molar-refractivity contribution in [3.05, 3.63) is 60.0 Å². The highest BCUT2D eigenvalue weighted by Gasteiger charge is 2.20. The minimum Gasteiger partial charge on any atom is -0.497 e. The van der Waals surface area contributed by atoms with Gasteiger partial charge in [-0.25, -0.2) is 0 Å². The van der Waals surface area contributed by atoms with Crippen LogP contribution < -0.4 is 15.4 Å². The first-order valence-corrected chi connectivity index (χ1v) is 12.4. The summed E-state index contributed by atoms with van der Waals surface area (Å²) in [5.74, 6) is 0.816. The molecular weight excluding hydrogens is 442 g/mol. The molecule has 0 bridgehead atoms. The number of aromatic amines is 1. The van der Waals surface area contributed by atoms with E-state index in [0.29, 0.717) is 32.5 Å². The Kier molecular flexibility index (Phi) is 8.73. The molecule has 3 aromatic rings. The van der Waals surface area contributed by atoms with Crippen LogP contribution in [0.1, 0.15) is 36.8 Å². The number of hydrogen-bond donors (Lipinski definition) is 3. The van der Waals surface area contributed by atoms with E-state index >= 15 is 0 Å². The molecule has 0 spiro atoms. The maximum atomic E-state index is 13.0. The number of H-pyrrole nitrogens is 1. The molecule has 8 nitrogen and oxygen atoms in total. The van der Waals surface area contributed by atoms with Crippen molar-refractivity contribution in [3.8, 4) is 5.75 Å². The van der Waals surface area contributed by atoms with E-state index in [-0.39, 0.29) is 17.7 Å². The van der Waals surface area contributed by atoms with Crippen LogP contribution in [0.4, 0.5) is 0 Å². The number of carbonyl (C=O) groups excluding carboxylic acids is 2. The molecule has 1 fully saturated rings. The molecule has 1 aromatic carbocycles. The van der Waals surface area contributed by atoms with Crippen molar-refractivity contribution in [2.75, 3.05) is 33.3 Å². The Hall–Kier alpha value is -3.39. The fourth-order valence-electron chi connectivity index (χ4n) is 4.67. The minimum atomic E-state index is -0.112. The van der Waals surface area contributed by atoms with Crippen LogP contribution >= 0.6 is 0 Å². The lowest BCUT2D eigenvalue weighted by atomic mass is 9.98. The van der Waals surface area contributed by atoms with Crippen molar-refractivity contribution in [3.63, 3.8) is 0 Å². The van der Waals surface area contributed by atoms with Crippen LogP contribution in [-0.4, -0.2) is 60.0 Å². The van der Waals surface area contributed by atoms with E-state index in [4.69, 9.17) is 4.74 Å². The molecule has 2 amide bonds. The van der Waals surface area contributed by atoms with Gasteiger partial charge in [-0.1, -0.05) is 0 Å². The Morgan fingerprint density at radius 2 is 2.06 bits per heavy atom. The number of carbonyl (C=O) groups is 2. The maximum absolute atomic E-state index is 13.0. The monoisotopic (exact) mass is 477 g/mol. The number of aromatic nitrogens is 2. The summed E-state index contributed by atoms with van der Waals surface area (Å²) in [5, 5.41) is 7.23. The lowest BCUT2D eigenvalue weighted by molar-refractivity contribution is -0.126. The van der Waals surface area contributed by atoms with Crippen molar-refractivity contribution >= 4 is 22.7 Å².